The van der Waals surface area contributed by atoms with Crippen molar-refractivity contribution in [2.75, 3.05) is 19.6 Å². The number of nitrogens with one attached hydrogen (secondary N) is 8. The van der Waals surface area contributed by atoms with Crippen LogP contribution in [0.25, 0.3) is 0 Å². The molecule has 128 heavy (non-hydrogen) atoms. The number of hydrogen-bond donors (Lipinski definition) is 17. The third kappa shape index (κ3) is 58.6. The van der Waals surface area contributed by atoms with Crippen LogP contribution in [0.4, 0.5) is 0 Å². The molecule has 728 valence electrons. The quantitative estimate of drug-likeness (QED) is 0.0269. The molecule has 0 radical (unpaired) electrons. The van der Waals surface area contributed by atoms with Gasteiger partial charge in [0.05, 0.1) is 0 Å². The highest BCUT2D eigenvalue weighted by Crippen LogP contribution is 2.35. The summed E-state index contributed by atoms with van der Waals surface area (Å²) in [5.41, 5.74) is -9.36. The first-order valence-electron chi connectivity index (χ1n) is 47.3. The summed E-state index contributed by atoms with van der Waals surface area (Å²) in [6.07, 6.45) is 16.8. The summed E-state index contributed by atoms with van der Waals surface area (Å²) >= 11 is 0. The largest absolute Gasteiger partial charge is 0.481 e. The van der Waals surface area contributed by atoms with Crippen molar-refractivity contribution in [3.05, 3.63) is 35.4 Å². The number of rotatable bonds is 85. The average molecular weight is 1810 g/mol. The van der Waals surface area contributed by atoms with Gasteiger partial charge in [-0.1, -0.05) is 194 Å². The van der Waals surface area contributed by atoms with Gasteiger partial charge in [-0.3, -0.25) is 81.5 Å². The molecule has 0 heterocycles. The molecule has 0 aliphatic rings. The molecule has 1 aromatic rings. The first kappa shape index (κ1) is 116. The number of hydrogen-bond acceptors (Lipinski definition) is 17. The van der Waals surface area contributed by atoms with Gasteiger partial charge >= 0.3 is 53.7 Å². The van der Waals surface area contributed by atoms with Crippen LogP contribution in [-0.2, 0) is 71.9 Å². The van der Waals surface area contributed by atoms with Gasteiger partial charge in [-0.05, 0) is 140 Å². The molecule has 8 amide bonds. The third-order valence-electron chi connectivity index (χ3n) is 24.3. The van der Waals surface area contributed by atoms with Crippen LogP contribution in [0.15, 0.2) is 24.3 Å². The van der Waals surface area contributed by atoms with Crippen LogP contribution in [0.3, 0.4) is 0 Å². The molecular weight excluding hydrogens is 1660 g/mol. The van der Waals surface area contributed by atoms with E-state index < -0.39 is 265 Å². The fourth-order valence-corrected chi connectivity index (χ4v) is 16.3. The Balaban J connectivity index is 4.46. The highest BCUT2D eigenvalue weighted by atomic mass is 16.4. The van der Waals surface area contributed by atoms with Crippen molar-refractivity contribution in [2.24, 2.45) is 0 Å². The Kier molecular flexibility index (Phi) is 62.0. The molecule has 0 aromatic heterocycles. The fraction of sp³-hybridized carbons (Fsp3) is 0.755. The Morgan fingerprint density at radius 3 is 0.500 bits per heavy atom. The highest BCUT2D eigenvalue weighted by Gasteiger charge is 2.42. The van der Waals surface area contributed by atoms with E-state index in [0.29, 0.717) is 19.6 Å². The number of carbonyl (C=O) groups is 17. The molecule has 0 aliphatic carbocycles. The SMILES string of the molecule is CCCCCCCCCCCCNC(=O)CCC(CCC(=O)NCCCCCCCCCCCC)(CCC(=O)NCCCCCCCCCCCC)NC(=O)c1ccc(C(=O)NC(CCC(=O)NC(CCC(=O)O)(CCC(=O)O)CCC(=O)O)(CCC(=O)NC(CCC(=O)O)(CCC(=O)O)CCC(=O)O)CCC(=O)NC(CCC(=O)O)(CCC(=O)O)CCC(=O)O)cc1. The summed E-state index contributed by atoms with van der Waals surface area (Å²) in [6.45, 7) is 7.73. The lowest BCUT2D eigenvalue weighted by Gasteiger charge is -2.39. The topological polar surface area (TPSA) is 568 Å². The minimum atomic E-state index is -2.11. The van der Waals surface area contributed by atoms with Crippen molar-refractivity contribution >= 4 is 101 Å². The molecule has 0 atom stereocenters. The average Bonchev–Trinajstić information content (AvgIpc) is 0.813. The molecule has 0 saturated heterocycles. The zero-order chi connectivity index (χ0) is 95.5. The zero-order valence-corrected chi connectivity index (χ0v) is 76.8. The minimum absolute atomic E-state index is 0.0212. The van der Waals surface area contributed by atoms with Gasteiger partial charge in [0.15, 0.2) is 0 Å². The Hall–Kier alpha value is -9.79. The van der Waals surface area contributed by atoms with Crippen molar-refractivity contribution in [1.29, 1.82) is 0 Å². The van der Waals surface area contributed by atoms with Crippen LogP contribution in [-0.4, -0.2) is 194 Å². The lowest BCUT2D eigenvalue weighted by Crippen LogP contribution is -2.54. The first-order chi connectivity index (χ1) is 60.9. The van der Waals surface area contributed by atoms with E-state index >= 15 is 9.59 Å². The van der Waals surface area contributed by atoms with E-state index in [-0.39, 0.29) is 67.4 Å². The van der Waals surface area contributed by atoms with Gasteiger partial charge in [-0.15, -0.1) is 0 Å². The molecule has 0 unspecified atom stereocenters. The van der Waals surface area contributed by atoms with E-state index in [1.165, 1.54) is 121 Å². The Morgan fingerprint density at radius 1 is 0.195 bits per heavy atom. The molecule has 0 saturated carbocycles. The van der Waals surface area contributed by atoms with Crippen LogP contribution >= 0.6 is 0 Å². The standard InChI is InChI=1S/C94H156N8O26/c1-4-7-10-13-16-19-22-25-28-31-68-95-73(103)38-53-93(54-39-74(104)96-69-32-29-26-23-20-17-14-11-8-5-2,55-40-75(105)97-70-33-30-27-24-21-18-15-12-9-6-3)101-88(127)71-34-36-72(37-35-71)89(128)102-94(56-41-76(106)98-90(59-44-79(109)110,60-45-80(111)112)61-46-81(113)114,57-42-77(107)99-91(62-47-82(115)116,63-48-83(117)118)64-49-84(119)120)58-43-78(108)100-92(65-50-85(121)122,66-51-86(123)124)67-52-87(125)126/h34-37H,4-33,38-70H2,1-3H3,(H,95,103)(H,96,104)(H,97,105)(H,98,106)(H,99,107)(H,100,108)(H,101,127)(H,102,128)(H,109,110)(H,111,112)(H,113,114)(H,115,116)(H,117,118)(H,119,120)(H,121,122)(H,123,124)(H,125,126). The van der Waals surface area contributed by atoms with Crippen molar-refractivity contribution in [1.82, 2.24) is 42.5 Å². The lowest BCUT2D eigenvalue weighted by molar-refractivity contribution is -0.141. The number of carboxylic acids is 9. The molecule has 17 N–H and O–H groups in total. The molecule has 1 aromatic carbocycles. The second kappa shape index (κ2) is 68.3. The lowest BCUT2D eigenvalue weighted by atomic mass is 9.80. The number of carboxylic acid groups (broad SMARTS) is 9. The minimum Gasteiger partial charge on any atom is -0.481 e. The number of carbonyl (C=O) groups excluding carboxylic acids is 8. The van der Waals surface area contributed by atoms with Gasteiger partial charge in [0.1, 0.15) is 0 Å². The van der Waals surface area contributed by atoms with E-state index in [9.17, 15) is 118 Å². The van der Waals surface area contributed by atoms with Crippen molar-refractivity contribution in [2.45, 2.75) is 434 Å². The van der Waals surface area contributed by atoms with Crippen LogP contribution in [0.2, 0.25) is 0 Å². The smallest absolute Gasteiger partial charge is 0.303 e. The van der Waals surface area contributed by atoms with Gasteiger partial charge in [-0.2, -0.15) is 0 Å². The maximum absolute atomic E-state index is 15.4. The molecule has 0 fully saturated rings. The molecular formula is C94H156N8O26. The Bertz CT molecular complexity index is 3100. The highest BCUT2D eigenvalue weighted by molar-refractivity contribution is 5.99. The predicted molar refractivity (Wildman–Crippen MR) is 481 cm³/mol. The summed E-state index contributed by atoms with van der Waals surface area (Å²) in [4.78, 5) is 226. The van der Waals surface area contributed by atoms with Gasteiger partial charge in [0.25, 0.3) is 11.8 Å². The van der Waals surface area contributed by atoms with Crippen LogP contribution in [0, 0.1) is 0 Å². The van der Waals surface area contributed by atoms with Crippen LogP contribution < -0.4 is 42.5 Å². The van der Waals surface area contributed by atoms with Crippen molar-refractivity contribution in [3.8, 4) is 0 Å². The monoisotopic (exact) mass is 1810 g/mol. The van der Waals surface area contributed by atoms with Crippen LogP contribution in [0.5, 0.6) is 0 Å². The summed E-state index contributed by atoms with van der Waals surface area (Å²) in [5.74, 6) is -18.5. The number of unbranched alkanes of at least 4 members (excludes halogenated alkanes) is 27. The van der Waals surface area contributed by atoms with E-state index in [0.717, 1.165) is 96.3 Å². The summed E-state index contributed by atoms with van der Waals surface area (Å²) in [5, 5.41) is 112. The van der Waals surface area contributed by atoms with Gasteiger partial charge in [0, 0.05) is 155 Å². The summed E-state index contributed by atoms with van der Waals surface area (Å²) < 4.78 is 0. The first-order valence-corrected chi connectivity index (χ1v) is 47.3. The van der Waals surface area contributed by atoms with Crippen molar-refractivity contribution in [3.63, 3.8) is 0 Å². The van der Waals surface area contributed by atoms with Gasteiger partial charge < -0.3 is 88.5 Å². The zero-order valence-electron chi connectivity index (χ0n) is 76.8. The second-order valence-electron chi connectivity index (χ2n) is 35.2. The van der Waals surface area contributed by atoms with Gasteiger partial charge in [0.2, 0.25) is 35.4 Å². The fourth-order valence-electron chi connectivity index (χ4n) is 16.3. The summed E-state index contributed by atoms with van der Waals surface area (Å²) in [7, 11) is 0. The molecule has 34 heteroatoms. The molecule has 0 spiro atoms. The maximum Gasteiger partial charge on any atom is 0.303 e. The second-order valence-corrected chi connectivity index (χ2v) is 35.2. The maximum atomic E-state index is 15.4. The number of aliphatic carboxylic acids is 9. The number of benzene rings is 1. The Labute approximate surface area is 756 Å². The molecule has 1 rings (SSSR count). The van der Waals surface area contributed by atoms with E-state index in [2.05, 4.69) is 63.3 Å². The van der Waals surface area contributed by atoms with Crippen LogP contribution in [0.1, 0.15) is 427 Å². The Morgan fingerprint density at radius 2 is 0.336 bits per heavy atom. The normalized spacial score (nSPS) is 11.7. The van der Waals surface area contributed by atoms with E-state index in [1.54, 1.807) is 0 Å². The van der Waals surface area contributed by atoms with Gasteiger partial charge in [-0.25, -0.2) is 0 Å². The summed E-state index contributed by atoms with van der Waals surface area (Å²) in [6, 6.07) is 4.97. The molecule has 0 aliphatic heterocycles. The van der Waals surface area contributed by atoms with Crippen molar-refractivity contribution < 1.29 is 127 Å². The third-order valence-corrected chi connectivity index (χ3v) is 24.3. The van der Waals surface area contributed by atoms with E-state index in [4.69, 9.17) is 0 Å². The van der Waals surface area contributed by atoms with E-state index in [1.807, 2.05) is 0 Å². The molecule has 0 bridgehead atoms. The predicted octanol–water partition coefficient (Wildman–Crippen LogP) is 14.8. The number of amides is 8. The molecule has 34 nitrogen and oxygen atoms in total.